The zero-order chi connectivity index (χ0) is 17.7. The van der Waals surface area contributed by atoms with Crippen molar-refractivity contribution >= 4 is 10.0 Å². The number of hydrogen-bond acceptors (Lipinski definition) is 4. The monoisotopic (exact) mass is 353 g/mol. The second-order valence-corrected chi connectivity index (χ2v) is 9.13. The van der Waals surface area contributed by atoms with Gasteiger partial charge in [0.25, 0.3) is 0 Å². The third kappa shape index (κ3) is 2.85. The lowest BCUT2D eigenvalue weighted by atomic mass is 9.90. The number of sulfonamides is 1. The summed E-state index contributed by atoms with van der Waals surface area (Å²) in [6.45, 7) is 6.53. The summed E-state index contributed by atoms with van der Waals surface area (Å²) in [5.41, 5.74) is 1.83. The topological polar surface area (TPSA) is 66.8 Å². The van der Waals surface area contributed by atoms with Crippen molar-refractivity contribution in [2.75, 3.05) is 20.2 Å². The van der Waals surface area contributed by atoms with Crippen molar-refractivity contribution in [2.45, 2.75) is 57.0 Å². The molecule has 2 aliphatic rings. The molecule has 1 aliphatic carbocycles. The third-order valence-corrected chi connectivity index (χ3v) is 7.96. The summed E-state index contributed by atoms with van der Waals surface area (Å²) >= 11 is 0. The van der Waals surface area contributed by atoms with E-state index in [0.29, 0.717) is 18.0 Å². The zero-order valence-corrected chi connectivity index (χ0v) is 15.7. The fourth-order valence-electron chi connectivity index (χ4n) is 3.93. The molecule has 0 bridgehead atoms. The Labute approximate surface area is 144 Å². The third-order valence-electron chi connectivity index (χ3n) is 5.77. The first-order valence-corrected chi connectivity index (χ1v) is 10.0. The van der Waals surface area contributed by atoms with E-state index in [1.54, 1.807) is 17.5 Å². The van der Waals surface area contributed by atoms with Crippen LogP contribution in [-0.4, -0.2) is 43.6 Å². The number of aliphatic hydroxyl groups is 1. The molecule has 24 heavy (non-hydrogen) atoms. The van der Waals surface area contributed by atoms with Gasteiger partial charge in [-0.15, -0.1) is 0 Å². The van der Waals surface area contributed by atoms with E-state index in [-0.39, 0.29) is 5.92 Å². The number of nitrogens with zero attached hydrogens (tertiary/aromatic N) is 1. The van der Waals surface area contributed by atoms with Gasteiger partial charge >= 0.3 is 0 Å². The molecule has 1 N–H and O–H groups in total. The van der Waals surface area contributed by atoms with Gasteiger partial charge in [0.15, 0.2) is 0 Å². The number of methoxy groups -OCH3 is 1. The summed E-state index contributed by atoms with van der Waals surface area (Å²) in [4.78, 5) is 0.407. The summed E-state index contributed by atoms with van der Waals surface area (Å²) in [7, 11) is -1.92. The lowest BCUT2D eigenvalue weighted by Crippen LogP contribution is -2.42. The van der Waals surface area contributed by atoms with Crippen LogP contribution in [0.1, 0.15) is 42.4 Å². The fourth-order valence-corrected chi connectivity index (χ4v) is 5.88. The van der Waals surface area contributed by atoms with Crippen molar-refractivity contribution in [3.63, 3.8) is 0 Å². The SMILES string of the molecule is COc1cc(C)c(S(=O)(=O)N2CCC(C3(O)CC3)CC2)c(C)c1C. The van der Waals surface area contributed by atoms with Gasteiger partial charge in [0, 0.05) is 13.1 Å². The van der Waals surface area contributed by atoms with Crippen molar-refractivity contribution < 1.29 is 18.3 Å². The molecule has 1 aromatic rings. The number of rotatable bonds is 4. The molecule has 3 rings (SSSR count). The molecule has 0 spiro atoms. The van der Waals surface area contributed by atoms with Crippen LogP contribution in [0.25, 0.3) is 0 Å². The van der Waals surface area contributed by atoms with Gasteiger partial charge in [0.2, 0.25) is 10.0 Å². The molecular formula is C18H27NO4S. The van der Waals surface area contributed by atoms with Gasteiger partial charge in [0.05, 0.1) is 17.6 Å². The maximum absolute atomic E-state index is 13.2. The molecule has 134 valence electrons. The molecule has 1 aliphatic heterocycles. The Bertz CT molecular complexity index is 745. The highest BCUT2D eigenvalue weighted by molar-refractivity contribution is 7.89. The van der Waals surface area contributed by atoms with Crippen LogP contribution in [0, 0.1) is 26.7 Å². The van der Waals surface area contributed by atoms with Crippen molar-refractivity contribution in [3.05, 3.63) is 22.8 Å². The minimum absolute atomic E-state index is 0.240. The highest BCUT2D eigenvalue weighted by Gasteiger charge is 2.49. The van der Waals surface area contributed by atoms with E-state index in [2.05, 4.69) is 0 Å². The standard InChI is InChI=1S/C18H27NO4S/c1-12-11-16(23-4)13(2)14(3)17(12)24(21,22)19-9-5-15(6-10-19)18(20)7-8-18/h11,15,20H,5-10H2,1-4H3. The number of ether oxygens (including phenoxy) is 1. The van der Waals surface area contributed by atoms with Gasteiger partial charge in [-0.05, 0) is 75.1 Å². The van der Waals surface area contributed by atoms with Crippen LogP contribution in [0.4, 0.5) is 0 Å². The first-order chi connectivity index (χ1) is 11.2. The van der Waals surface area contributed by atoms with Gasteiger partial charge in [-0.1, -0.05) is 0 Å². The summed E-state index contributed by atoms with van der Waals surface area (Å²) in [6.07, 6.45) is 3.20. The maximum Gasteiger partial charge on any atom is 0.243 e. The van der Waals surface area contributed by atoms with Crippen LogP contribution in [0.3, 0.4) is 0 Å². The highest BCUT2D eigenvalue weighted by Crippen LogP contribution is 2.47. The van der Waals surface area contributed by atoms with Crippen molar-refractivity contribution in [1.29, 1.82) is 0 Å². The molecule has 1 saturated carbocycles. The Morgan fingerprint density at radius 3 is 2.25 bits per heavy atom. The van der Waals surface area contributed by atoms with E-state index in [0.717, 1.165) is 48.1 Å². The first-order valence-electron chi connectivity index (χ1n) is 8.58. The van der Waals surface area contributed by atoms with Gasteiger partial charge in [-0.3, -0.25) is 0 Å². The molecule has 2 fully saturated rings. The normalized spacial score (nSPS) is 21.7. The smallest absolute Gasteiger partial charge is 0.243 e. The second-order valence-electron chi connectivity index (χ2n) is 7.26. The summed E-state index contributed by atoms with van der Waals surface area (Å²) in [5.74, 6) is 0.961. The van der Waals surface area contributed by atoms with Gasteiger partial charge in [-0.2, -0.15) is 4.31 Å². The molecule has 0 unspecified atom stereocenters. The number of aryl methyl sites for hydroxylation is 1. The van der Waals surface area contributed by atoms with E-state index in [1.807, 2.05) is 20.8 Å². The molecule has 5 nitrogen and oxygen atoms in total. The molecular weight excluding hydrogens is 326 g/mol. The molecule has 0 radical (unpaired) electrons. The van der Waals surface area contributed by atoms with Crippen molar-refractivity contribution in [3.8, 4) is 5.75 Å². The molecule has 0 atom stereocenters. The quantitative estimate of drug-likeness (QED) is 0.903. The van der Waals surface area contributed by atoms with Crippen LogP contribution in [0.2, 0.25) is 0 Å². The van der Waals surface area contributed by atoms with Crippen molar-refractivity contribution in [2.24, 2.45) is 5.92 Å². The number of benzene rings is 1. The largest absolute Gasteiger partial charge is 0.496 e. The minimum Gasteiger partial charge on any atom is -0.496 e. The maximum atomic E-state index is 13.2. The second kappa shape index (κ2) is 6.00. The van der Waals surface area contributed by atoms with Crippen LogP contribution >= 0.6 is 0 Å². The van der Waals surface area contributed by atoms with E-state index in [1.165, 1.54) is 0 Å². The Morgan fingerprint density at radius 1 is 1.17 bits per heavy atom. The zero-order valence-electron chi connectivity index (χ0n) is 14.9. The lowest BCUT2D eigenvalue weighted by Gasteiger charge is -2.34. The number of hydrogen-bond donors (Lipinski definition) is 1. The summed E-state index contributed by atoms with van der Waals surface area (Å²) in [5, 5.41) is 10.3. The molecule has 1 aromatic carbocycles. The van der Waals surface area contributed by atoms with E-state index >= 15 is 0 Å². The Morgan fingerprint density at radius 2 is 1.75 bits per heavy atom. The molecule has 1 saturated heterocycles. The van der Waals surface area contributed by atoms with E-state index < -0.39 is 15.6 Å². The Balaban J connectivity index is 1.88. The van der Waals surface area contributed by atoms with E-state index in [9.17, 15) is 13.5 Å². The average Bonchev–Trinajstić information content (AvgIpc) is 3.30. The predicted molar refractivity (Wildman–Crippen MR) is 92.9 cm³/mol. The molecule has 0 aromatic heterocycles. The Hall–Kier alpha value is -1.11. The fraction of sp³-hybridized carbons (Fsp3) is 0.667. The molecule has 6 heteroatoms. The summed E-state index contributed by atoms with van der Waals surface area (Å²) in [6, 6.07) is 1.80. The molecule has 0 amide bonds. The van der Waals surface area contributed by atoms with Crippen molar-refractivity contribution in [1.82, 2.24) is 4.31 Å². The van der Waals surface area contributed by atoms with Gasteiger partial charge in [0.1, 0.15) is 5.75 Å². The van der Waals surface area contributed by atoms with Gasteiger partial charge in [-0.25, -0.2) is 8.42 Å². The average molecular weight is 353 g/mol. The number of piperidine rings is 1. The summed E-state index contributed by atoms with van der Waals surface area (Å²) < 4.78 is 33.3. The Kier molecular flexibility index (Phi) is 4.43. The van der Waals surface area contributed by atoms with Crippen LogP contribution in [0.5, 0.6) is 5.75 Å². The van der Waals surface area contributed by atoms with Crippen LogP contribution < -0.4 is 4.74 Å². The first kappa shape index (κ1) is 17.7. The predicted octanol–water partition coefficient (Wildman–Crippen LogP) is 2.55. The lowest BCUT2D eigenvalue weighted by molar-refractivity contribution is 0.0534. The minimum atomic E-state index is -3.52. The molecule has 1 heterocycles. The van der Waals surface area contributed by atoms with Gasteiger partial charge < -0.3 is 9.84 Å². The highest BCUT2D eigenvalue weighted by atomic mass is 32.2. The van der Waals surface area contributed by atoms with Crippen LogP contribution in [0.15, 0.2) is 11.0 Å². The van der Waals surface area contributed by atoms with E-state index in [4.69, 9.17) is 4.74 Å². The van der Waals surface area contributed by atoms with Crippen LogP contribution in [-0.2, 0) is 10.0 Å².